The second-order valence-electron chi connectivity index (χ2n) is 5.93. The Balaban J connectivity index is 1.46. The van der Waals surface area contributed by atoms with E-state index in [2.05, 4.69) is 15.4 Å². The third-order valence-electron chi connectivity index (χ3n) is 3.94. The van der Waals surface area contributed by atoms with E-state index in [1.807, 2.05) is 16.7 Å². The molecule has 0 aliphatic heterocycles. The maximum Gasteiger partial charge on any atom is 0.219 e. The zero-order chi connectivity index (χ0) is 17.2. The van der Waals surface area contributed by atoms with Crippen LogP contribution in [0.3, 0.4) is 0 Å². The van der Waals surface area contributed by atoms with Gasteiger partial charge in [-0.2, -0.15) is 0 Å². The van der Waals surface area contributed by atoms with Crippen molar-refractivity contribution in [3.63, 3.8) is 0 Å². The molecule has 3 aromatic rings. The zero-order valence-electron chi connectivity index (χ0n) is 13.4. The van der Waals surface area contributed by atoms with Crippen LogP contribution in [0.5, 0.6) is 0 Å². The molecular formula is C16H17N5O3S. The second kappa shape index (κ2) is 6.75. The van der Waals surface area contributed by atoms with Gasteiger partial charge in [0.05, 0.1) is 12.0 Å². The van der Waals surface area contributed by atoms with Gasteiger partial charge in [0.25, 0.3) is 0 Å². The zero-order valence-corrected chi connectivity index (χ0v) is 14.2. The van der Waals surface area contributed by atoms with Crippen LogP contribution in [0.25, 0.3) is 11.5 Å². The number of primary amides is 1. The summed E-state index contributed by atoms with van der Waals surface area (Å²) in [4.78, 5) is 11.1. The van der Waals surface area contributed by atoms with Crippen molar-refractivity contribution < 1.29 is 13.7 Å². The molecule has 2 N–H and O–H groups in total. The van der Waals surface area contributed by atoms with Crippen LogP contribution in [0.2, 0.25) is 0 Å². The number of nitrogens with two attached hydrogens (primary N) is 1. The molecule has 130 valence electrons. The molecule has 0 radical (unpaired) electrons. The highest BCUT2D eigenvalue weighted by molar-refractivity contribution is 7.98. The van der Waals surface area contributed by atoms with E-state index in [0.717, 1.165) is 29.5 Å². The minimum atomic E-state index is -0.328. The van der Waals surface area contributed by atoms with Crippen LogP contribution in [-0.2, 0) is 17.1 Å². The van der Waals surface area contributed by atoms with E-state index in [9.17, 15) is 4.79 Å². The molecule has 3 aromatic heterocycles. The summed E-state index contributed by atoms with van der Waals surface area (Å²) in [7, 11) is 0. The van der Waals surface area contributed by atoms with Crippen molar-refractivity contribution in [3.8, 4) is 11.5 Å². The molecule has 0 aromatic carbocycles. The Morgan fingerprint density at radius 1 is 1.36 bits per heavy atom. The second-order valence-corrected chi connectivity index (χ2v) is 6.87. The van der Waals surface area contributed by atoms with Gasteiger partial charge in [-0.05, 0) is 25.0 Å². The average Bonchev–Trinajstić information content (AvgIpc) is 3.04. The molecule has 0 atom stereocenters. The standard InChI is InChI=1S/C16H17N5O3S/c17-14(22)5-6-21-15(10-3-4-10)18-19-16(21)25-9-11-8-13(24-20-11)12-2-1-7-23-12/h1-2,7-8,10H,3-6,9H2,(H2,17,22). The fourth-order valence-electron chi connectivity index (χ4n) is 2.54. The minimum absolute atomic E-state index is 0.276. The van der Waals surface area contributed by atoms with Gasteiger partial charge in [-0.3, -0.25) is 4.79 Å². The van der Waals surface area contributed by atoms with E-state index in [1.165, 1.54) is 11.8 Å². The van der Waals surface area contributed by atoms with E-state index in [-0.39, 0.29) is 12.3 Å². The highest BCUT2D eigenvalue weighted by atomic mass is 32.2. The van der Waals surface area contributed by atoms with Crippen LogP contribution in [0, 0.1) is 0 Å². The highest BCUT2D eigenvalue weighted by Crippen LogP contribution is 2.40. The highest BCUT2D eigenvalue weighted by Gasteiger charge is 2.30. The van der Waals surface area contributed by atoms with E-state index in [0.29, 0.717) is 29.7 Å². The Kier molecular flexibility index (Phi) is 4.31. The van der Waals surface area contributed by atoms with Crippen molar-refractivity contribution in [1.82, 2.24) is 19.9 Å². The Morgan fingerprint density at radius 2 is 2.24 bits per heavy atom. The SMILES string of the molecule is NC(=O)CCn1c(SCc2cc(-c3ccco3)on2)nnc1C1CC1. The van der Waals surface area contributed by atoms with Gasteiger partial charge in [0, 0.05) is 30.7 Å². The average molecular weight is 359 g/mol. The molecule has 0 saturated heterocycles. The van der Waals surface area contributed by atoms with E-state index >= 15 is 0 Å². The van der Waals surface area contributed by atoms with E-state index in [1.54, 1.807) is 12.3 Å². The quantitative estimate of drug-likeness (QED) is 0.615. The first-order valence-corrected chi connectivity index (χ1v) is 9.03. The number of carbonyl (C=O) groups is 1. The Bertz CT molecular complexity index is 866. The molecule has 3 heterocycles. The molecule has 25 heavy (non-hydrogen) atoms. The summed E-state index contributed by atoms with van der Waals surface area (Å²) in [5.74, 6) is 2.89. The van der Waals surface area contributed by atoms with Crippen LogP contribution in [0.1, 0.15) is 36.7 Å². The number of aromatic nitrogens is 4. The van der Waals surface area contributed by atoms with Gasteiger partial charge in [0.15, 0.2) is 10.9 Å². The molecule has 0 spiro atoms. The van der Waals surface area contributed by atoms with Crippen LogP contribution in [0.4, 0.5) is 0 Å². The number of hydrogen-bond acceptors (Lipinski definition) is 7. The summed E-state index contributed by atoms with van der Waals surface area (Å²) in [6.07, 6.45) is 4.11. The summed E-state index contributed by atoms with van der Waals surface area (Å²) in [6, 6.07) is 5.46. The molecule has 8 nitrogen and oxygen atoms in total. The summed E-state index contributed by atoms with van der Waals surface area (Å²) in [5, 5.41) is 13.4. The third-order valence-corrected chi connectivity index (χ3v) is 4.94. The van der Waals surface area contributed by atoms with E-state index in [4.69, 9.17) is 14.7 Å². The predicted octanol–water partition coefficient (Wildman–Crippen LogP) is 2.57. The molecule has 1 aliphatic carbocycles. The maximum absolute atomic E-state index is 11.1. The molecule has 4 rings (SSSR count). The maximum atomic E-state index is 11.1. The van der Waals surface area contributed by atoms with Gasteiger partial charge < -0.3 is 19.2 Å². The first-order chi connectivity index (χ1) is 12.2. The number of carbonyl (C=O) groups excluding carboxylic acids is 1. The fourth-order valence-corrected chi connectivity index (χ4v) is 3.39. The molecule has 1 aliphatic rings. The number of furan rings is 1. The van der Waals surface area contributed by atoms with Crippen molar-refractivity contribution in [2.45, 2.75) is 42.6 Å². The normalized spacial score (nSPS) is 14.1. The Labute approximate surface area is 147 Å². The van der Waals surface area contributed by atoms with E-state index < -0.39 is 0 Å². The molecule has 0 bridgehead atoms. The smallest absolute Gasteiger partial charge is 0.219 e. The monoisotopic (exact) mass is 359 g/mol. The first-order valence-electron chi connectivity index (χ1n) is 8.04. The lowest BCUT2D eigenvalue weighted by Crippen LogP contribution is -2.15. The van der Waals surface area contributed by atoms with Crippen molar-refractivity contribution >= 4 is 17.7 Å². The van der Waals surface area contributed by atoms with Gasteiger partial charge in [-0.1, -0.05) is 16.9 Å². The molecular weight excluding hydrogens is 342 g/mol. The lowest BCUT2D eigenvalue weighted by Gasteiger charge is -2.07. The first kappa shape index (κ1) is 15.9. The minimum Gasteiger partial charge on any atom is -0.461 e. The van der Waals surface area contributed by atoms with Crippen LogP contribution in [-0.4, -0.2) is 25.8 Å². The molecule has 0 unspecified atom stereocenters. The Hall–Kier alpha value is -2.55. The Morgan fingerprint density at radius 3 is 2.96 bits per heavy atom. The summed E-state index contributed by atoms with van der Waals surface area (Å²) in [6.45, 7) is 0.507. The number of nitrogens with zero attached hydrogens (tertiary/aromatic N) is 4. The fraction of sp³-hybridized carbons (Fsp3) is 0.375. The van der Waals surface area contributed by atoms with Crippen LogP contribution in [0.15, 0.2) is 38.6 Å². The van der Waals surface area contributed by atoms with Gasteiger partial charge >= 0.3 is 0 Å². The number of hydrogen-bond donors (Lipinski definition) is 1. The largest absolute Gasteiger partial charge is 0.461 e. The molecule has 1 amide bonds. The lowest BCUT2D eigenvalue weighted by atomic mass is 10.3. The summed E-state index contributed by atoms with van der Waals surface area (Å²) >= 11 is 1.51. The summed E-state index contributed by atoms with van der Waals surface area (Å²) < 4.78 is 12.6. The molecule has 9 heteroatoms. The molecule has 1 saturated carbocycles. The number of rotatable bonds is 8. The van der Waals surface area contributed by atoms with Crippen molar-refractivity contribution in [2.75, 3.05) is 0 Å². The van der Waals surface area contributed by atoms with Gasteiger partial charge in [0.1, 0.15) is 5.82 Å². The van der Waals surface area contributed by atoms with Crippen molar-refractivity contribution in [3.05, 3.63) is 36.0 Å². The van der Waals surface area contributed by atoms with Gasteiger partial charge in [-0.15, -0.1) is 10.2 Å². The van der Waals surface area contributed by atoms with Crippen molar-refractivity contribution in [1.29, 1.82) is 0 Å². The number of thioether (sulfide) groups is 1. The summed E-state index contributed by atoms with van der Waals surface area (Å²) in [5.41, 5.74) is 6.07. The van der Waals surface area contributed by atoms with Crippen LogP contribution < -0.4 is 5.73 Å². The molecule has 1 fully saturated rings. The van der Waals surface area contributed by atoms with Gasteiger partial charge in [0.2, 0.25) is 11.7 Å². The topological polar surface area (TPSA) is 113 Å². The number of amides is 1. The third kappa shape index (κ3) is 3.60. The lowest BCUT2D eigenvalue weighted by molar-refractivity contribution is -0.118. The van der Waals surface area contributed by atoms with Gasteiger partial charge in [-0.25, -0.2) is 0 Å². The van der Waals surface area contributed by atoms with Crippen molar-refractivity contribution in [2.24, 2.45) is 5.73 Å². The van der Waals surface area contributed by atoms with Crippen LogP contribution >= 0.6 is 11.8 Å². The predicted molar refractivity (Wildman–Crippen MR) is 89.6 cm³/mol.